The van der Waals surface area contributed by atoms with Crippen LogP contribution in [0.3, 0.4) is 0 Å². The first-order valence-corrected chi connectivity index (χ1v) is 5.48. The molecule has 2 rings (SSSR count). The van der Waals surface area contributed by atoms with E-state index in [9.17, 15) is 0 Å². The Labute approximate surface area is 95.0 Å². The van der Waals surface area contributed by atoms with Crippen LogP contribution in [0.5, 0.6) is 5.88 Å². The maximum absolute atomic E-state index is 8.84. The zero-order valence-electron chi connectivity index (χ0n) is 9.31. The van der Waals surface area contributed by atoms with E-state index in [1.54, 1.807) is 12.1 Å². The van der Waals surface area contributed by atoms with Gasteiger partial charge in [0.05, 0.1) is 11.6 Å². The lowest BCUT2D eigenvalue weighted by atomic mass is 10.2. The van der Waals surface area contributed by atoms with Crippen LogP contribution in [-0.4, -0.2) is 17.1 Å². The summed E-state index contributed by atoms with van der Waals surface area (Å²) in [7, 11) is 0. The number of nitrogens with zero attached hydrogens (tertiary/aromatic N) is 2. The number of pyridine rings is 1. The van der Waals surface area contributed by atoms with E-state index in [4.69, 9.17) is 15.7 Å². The maximum atomic E-state index is 8.84. The Morgan fingerprint density at radius 3 is 2.94 bits per heavy atom. The fourth-order valence-electron chi connectivity index (χ4n) is 2.01. The third-order valence-corrected chi connectivity index (χ3v) is 2.77. The Kier molecular flexibility index (Phi) is 3.07. The summed E-state index contributed by atoms with van der Waals surface area (Å²) in [5.41, 5.74) is 7.20. The van der Waals surface area contributed by atoms with Crippen LogP contribution in [0.4, 0.5) is 0 Å². The third-order valence-electron chi connectivity index (χ3n) is 2.77. The number of nitriles is 1. The average Bonchev–Trinajstić information content (AvgIpc) is 2.63. The van der Waals surface area contributed by atoms with Crippen LogP contribution in [0.15, 0.2) is 12.1 Å². The van der Waals surface area contributed by atoms with Crippen molar-refractivity contribution in [1.29, 1.82) is 5.26 Å². The predicted molar refractivity (Wildman–Crippen MR) is 59.9 cm³/mol. The first kappa shape index (κ1) is 10.9. The molecule has 1 aliphatic carbocycles. The van der Waals surface area contributed by atoms with E-state index in [1.807, 2.05) is 6.92 Å². The molecule has 2 N–H and O–H groups in total. The number of rotatable bonds is 2. The summed E-state index contributed by atoms with van der Waals surface area (Å²) >= 11 is 0. The van der Waals surface area contributed by atoms with Gasteiger partial charge in [0, 0.05) is 17.8 Å². The topological polar surface area (TPSA) is 71.9 Å². The van der Waals surface area contributed by atoms with E-state index >= 15 is 0 Å². The van der Waals surface area contributed by atoms with Gasteiger partial charge in [-0.05, 0) is 32.3 Å². The summed E-state index contributed by atoms with van der Waals surface area (Å²) in [5, 5.41) is 8.84. The second kappa shape index (κ2) is 4.50. The van der Waals surface area contributed by atoms with E-state index in [1.165, 1.54) is 0 Å². The van der Waals surface area contributed by atoms with Gasteiger partial charge in [0.25, 0.3) is 0 Å². The van der Waals surface area contributed by atoms with E-state index in [0.29, 0.717) is 11.4 Å². The summed E-state index contributed by atoms with van der Waals surface area (Å²) < 4.78 is 5.73. The molecule has 1 fully saturated rings. The first-order valence-electron chi connectivity index (χ1n) is 5.48. The summed E-state index contributed by atoms with van der Waals surface area (Å²) in [6, 6.07) is 5.76. The summed E-state index contributed by atoms with van der Waals surface area (Å²) in [4.78, 5) is 4.26. The monoisotopic (exact) mass is 217 g/mol. The minimum atomic E-state index is 0.149. The minimum Gasteiger partial charge on any atom is -0.474 e. The molecule has 1 aromatic rings. The number of hydrogen-bond acceptors (Lipinski definition) is 4. The van der Waals surface area contributed by atoms with Crippen LogP contribution < -0.4 is 10.5 Å². The Morgan fingerprint density at radius 2 is 2.31 bits per heavy atom. The molecular formula is C12H15N3O. The zero-order chi connectivity index (χ0) is 11.5. The Morgan fingerprint density at radius 1 is 1.50 bits per heavy atom. The van der Waals surface area contributed by atoms with Crippen LogP contribution in [0.2, 0.25) is 0 Å². The fraction of sp³-hybridized carbons (Fsp3) is 0.500. The normalized spacial score (nSPS) is 24.1. The van der Waals surface area contributed by atoms with Gasteiger partial charge < -0.3 is 10.5 Å². The molecule has 16 heavy (non-hydrogen) atoms. The van der Waals surface area contributed by atoms with Gasteiger partial charge in [-0.15, -0.1) is 0 Å². The van der Waals surface area contributed by atoms with Crippen LogP contribution in [0.1, 0.15) is 30.5 Å². The van der Waals surface area contributed by atoms with Gasteiger partial charge in [-0.2, -0.15) is 5.26 Å². The molecule has 0 amide bonds. The van der Waals surface area contributed by atoms with Gasteiger partial charge in [0.1, 0.15) is 6.10 Å². The molecule has 4 heteroatoms. The van der Waals surface area contributed by atoms with Gasteiger partial charge in [0.2, 0.25) is 5.88 Å². The SMILES string of the molecule is Cc1cc(C#N)cc(OC2CCC(N)C2)n1. The Balaban J connectivity index is 2.10. The van der Waals surface area contributed by atoms with Gasteiger partial charge in [-0.3, -0.25) is 0 Å². The van der Waals surface area contributed by atoms with Gasteiger partial charge in [-0.25, -0.2) is 4.98 Å². The first-order chi connectivity index (χ1) is 7.67. The van der Waals surface area contributed by atoms with Gasteiger partial charge in [-0.1, -0.05) is 0 Å². The molecule has 0 spiro atoms. The number of nitrogens with two attached hydrogens (primary N) is 1. The van der Waals surface area contributed by atoms with E-state index in [2.05, 4.69) is 11.1 Å². The molecule has 1 aromatic heterocycles. The highest BCUT2D eigenvalue weighted by atomic mass is 16.5. The Hall–Kier alpha value is -1.60. The molecule has 0 radical (unpaired) electrons. The molecule has 0 bridgehead atoms. The van der Waals surface area contributed by atoms with Crippen molar-refractivity contribution in [2.75, 3.05) is 0 Å². The van der Waals surface area contributed by atoms with E-state index in [-0.39, 0.29) is 12.1 Å². The van der Waals surface area contributed by atoms with Crippen molar-refractivity contribution in [3.63, 3.8) is 0 Å². The minimum absolute atomic E-state index is 0.149. The van der Waals surface area contributed by atoms with E-state index < -0.39 is 0 Å². The standard InChI is InChI=1S/C12H15N3O/c1-8-4-9(7-13)5-12(15-8)16-11-3-2-10(14)6-11/h4-5,10-11H,2-3,6,14H2,1H3. The van der Waals surface area contributed by atoms with Crippen molar-refractivity contribution < 1.29 is 4.74 Å². The molecule has 84 valence electrons. The highest BCUT2D eigenvalue weighted by Gasteiger charge is 2.23. The number of hydrogen-bond donors (Lipinski definition) is 1. The zero-order valence-corrected chi connectivity index (χ0v) is 9.31. The highest BCUT2D eigenvalue weighted by Crippen LogP contribution is 2.23. The van der Waals surface area contributed by atoms with Crippen molar-refractivity contribution in [2.45, 2.75) is 38.3 Å². The van der Waals surface area contributed by atoms with Crippen molar-refractivity contribution >= 4 is 0 Å². The van der Waals surface area contributed by atoms with Crippen LogP contribution in [-0.2, 0) is 0 Å². The maximum Gasteiger partial charge on any atom is 0.215 e. The van der Waals surface area contributed by atoms with E-state index in [0.717, 1.165) is 25.0 Å². The number of ether oxygens (including phenoxy) is 1. The molecule has 4 nitrogen and oxygen atoms in total. The molecule has 0 saturated heterocycles. The average molecular weight is 217 g/mol. The quantitative estimate of drug-likeness (QED) is 0.815. The number of aromatic nitrogens is 1. The predicted octanol–water partition coefficient (Wildman–Crippen LogP) is 1.52. The summed E-state index contributed by atoms with van der Waals surface area (Å²) in [6.45, 7) is 1.86. The van der Waals surface area contributed by atoms with Gasteiger partial charge >= 0.3 is 0 Å². The van der Waals surface area contributed by atoms with Gasteiger partial charge in [0.15, 0.2) is 0 Å². The van der Waals surface area contributed by atoms with Crippen LogP contribution in [0, 0.1) is 18.3 Å². The molecule has 0 aromatic carbocycles. The van der Waals surface area contributed by atoms with Crippen molar-refractivity contribution in [1.82, 2.24) is 4.98 Å². The molecule has 1 aliphatic rings. The van der Waals surface area contributed by atoms with Crippen LogP contribution >= 0.6 is 0 Å². The molecule has 0 aliphatic heterocycles. The third kappa shape index (κ3) is 2.50. The van der Waals surface area contributed by atoms with Crippen molar-refractivity contribution in [3.05, 3.63) is 23.4 Å². The fourth-order valence-corrected chi connectivity index (χ4v) is 2.01. The lowest BCUT2D eigenvalue weighted by Crippen LogP contribution is -2.19. The van der Waals surface area contributed by atoms with Crippen LogP contribution in [0.25, 0.3) is 0 Å². The second-order valence-electron chi connectivity index (χ2n) is 4.26. The second-order valence-corrected chi connectivity index (χ2v) is 4.26. The largest absolute Gasteiger partial charge is 0.474 e. The smallest absolute Gasteiger partial charge is 0.215 e. The molecule has 1 heterocycles. The molecule has 2 unspecified atom stereocenters. The lowest BCUT2D eigenvalue weighted by molar-refractivity contribution is 0.199. The summed E-state index contributed by atoms with van der Waals surface area (Å²) in [5.74, 6) is 0.538. The molecular weight excluding hydrogens is 202 g/mol. The summed E-state index contributed by atoms with van der Waals surface area (Å²) in [6.07, 6.45) is 2.99. The highest BCUT2D eigenvalue weighted by molar-refractivity contribution is 5.34. The molecule has 2 atom stereocenters. The van der Waals surface area contributed by atoms with Crippen molar-refractivity contribution in [3.8, 4) is 11.9 Å². The lowest BCUT2D eigenvalue weighted by Gasteiger charge is -2.12. The molecule has 1 saturated carbocycles. The Bertz CT molecular complexity index is 425. The number of aryl methyl sites for hydroxylation is 1. The van der Waals surface area contributed by atoms with Crippen molar-refractivity contribution in [2.24, 2.45) is 5.73 Å².